The molecule has 2 amide bonds. The van der Waals surface area contributed by atoms with Gasteiger partial charge >= 0.3 is 18.2 Å². The summed E-state index contributed by atoms with van der Waals surface area (Å²) in [5.74, 6) is -2.72. The van der Waals surface area contributed by atoms with E-state index in [0.717, 1.165) is 6.08 Å². The van der Waals surface area contributed by atoms with Crippen molar-refractivity contribution in [1.82, 2.24) is 4.90 Å². The van der Waals surface area contributed by atoms with Crippen LogP contribution in [0.1, 0.15) is 48.0 Å². The number of imide groups is 1. The Morgan fingerprint density at radius 3 is 1.68 bits per heavy atom. The molecule has 0 aliphatic heterocycles. The van der Waals surface area contributed by atoms with Crippen LogP contribution in [0.4, 0.5) is 9.59 Å². The minimum absolute atomic E-state index is 0.400. The smallest absolute Gasteiger partial charge is 0.420 e. The van der Waals surface area contributed by atoms with Crippen molar-refractivity contribution in [3.05, 3.63) is 12.7 Å². The summed E-state index contributed by atoms with van der Waals surface area (Å²) >= 11 is 0. The van der Waals surface area contributed by atoms with Crippen LogP contribution < -0.4 is 0 Å². The number of aldehydes is 1. The Balaban J connectivity index is 5.92. The number of hydrogen-bond acceptors (Lipinski definition) is 6. The van der Waals surface area contributed by atoms with Crippen molar-refractivity contribution in [3.8, 4) is 0 Å². The molecule has 1 unspecified atom stereocenters. The maximum absolute atomic E-state index is 12.5. The first kappa shape index (κ1) is 22.6. The summed E-state index contributed by atoms with van der Waals surface area (Å²) in [4.78, 5) is 47.8. The lowest BCUT2D eigenvalue weighted by molar-refractivity contribution is -0.144. The van der Waals surface area contributed by atoms with E-state index in [9.17, 15) is 24.3 Å². The highest BCUT2D eigenvalue weighted by molar-refractivity contribution is 5.90. The Morgan fingerprint density at radius 1 is 1.04 bits per heavy atom. The Morgan fingerprint density at radius 2 is 1.44 bits per heavy atom. The summed E-state index contributed by atoms with van der Waals surface area (Å²) in [5, 5.41) is 9.35. The van der Waals surface area contributed by atoms with E-state index in [2.05, 4.69) is 6.58 Å². The molecule has 0 saturated heterocycles. The largest absolute Gasteiger partial charge is 0.481 e. The third kappa shape index (κ3) is 7.82. The van der Waals surface area contributed by atoms with E-state index in [4.69, 9.17) is 9.47 Å². The molecule has 0 aromatic rings. The first-order valence-electron chi connectivity index (χ1n) is 7.77. The van der Waals surface area contributed by atoms with Crippen LogP contribution in [-0.4, -0.2) is 51.7 Å². The first-order valence-corrected chi connectivity index (χ1v) is 7.77. The molecule has 0 radical (unpaired) electrons. The van der Waals surface area contributed by atoms with Crippen molar-refractivity contribution in [2.24, 2.45) is 5.92 Å². The highest BCUT2D eigenvalue weighted by Crippen LogP contribution is 2.22. The predicted octanol–water partition coefficient (Wildman–Crippen LogP) is 3.00. The quantitative estimate of drug-likeness (QED) is 0.574. The molecule has 0 spiro atoms. The maximum atomic E-state index is 12.5. The number of hydrogen-bond donors (Lipinski definition) is 1. The number of nitrogens with zero attached hydrogens (tertiary/aromatic N) is 1. The molecule has 0 rings (SSSR count). The number of carboxylic acids is 1. The van der Waals surface area contributed by atoms with Gasteiger partial charge in [0.15, 0.2) is 0 Å². The molecular formula is C17H27NO7. The lowest BCUT2D eigenvalue weighted by Crippen LogP contribution is -2.52. The predicted molar refractivity (Wildman–Crippen MR) is 90.1 cm³/mol. The van der Waals surface area contributed by atoms with Gasteiger partial charge in [0, 0.05) is 6.42 Å². The third-order valence-corrected chi connectivity index (χ3v) is 2.80. The molecular weight excluding hydrogens is 330 g/mol. The summed E-state index contributed by atoms with van der Waals surface area (Å²) in [7, 11) is 0. The molecule has 0 aromatic carbocycles. The number of carboxylic acid groups (broad SMARTS) is 1. The van der Waals surface area contributed by atoms with E-state index in [0.29, 0.717) is 11.2 Å². The van der Waals surface area contributed by atoms with Crippen LogP contribution in [0.25, 0.3) is 0 Å². The molecule has 25 heavy (non-hydrogen) atoms. The third-order valence-electron chi connectivity index (χ3n) is 2.80. The van der Waals surface area contributed by atoms with Gasteiger partial charge in [0.05, 0.1) is 12.0 Å². The standard InChI is InChI=1S/C17H27NO7/c1-8-12(11(9-10-19)13(20)21)18(14(22)24-16(2,3)4)15(23)25-17(5,6)7/h8,10-12H,1,9H2,2-7H3,(H,20,21)/t11-,12?/m0/s1. The lowest BCUT2D eigenvalue weighted by Gasteiger charge is -2.34. The second-order valence-corrected chi connectivity index (χ2v) is 7.40. The summed E-state index contributed by atoms with van der Waals surface area (Å²) in [5.41, 5.74) is -1.85. The number of carbonyl (C=O) groups excluding carboxylic acids is 3. The highest BCUT2D eigenvalue weighted by Gasteiger charge is 2.41. The van der Waals surface area contributed by atoms with Gasteiger partial charge in [-0.2, -0.15) is 0 Å². The number of ether oxygens (including phenoxy) is 2. The fourth-order valence-corrected chi connectivity index (χ4v) is 1.88. The van der Waals surface area contributed by atoms with E-state index in [1.807, 2.05) is 0 Å². The zero-order valence-corrected chi connectivity index (χ0v) is 15.6. The molecule has 0 bridgehead atoms. The van der Waals surface area contributed by atoms with Crippen molar-refractivity contribution in [2.45, 2.75) is 65.2 Å². The Labute approximate surface area is 147 Å². The highest BCUT2D eigenvalue weighted by atomic mass is 16.6. The van der Waals surface area contributed by atoms with Gasteiger partial charge in [0.2, 0.25) is 0 Å². The van der Waals surface area contributed by atoms with Gasteiger partial charge in [-0.3, -0.25) is 4.79 Å². The molecule has 8 heteroatoms. The van der Waals surface area contributed by atoms with Gasteiger partial charge in [-0.25, -0.2) is 14.5 Å². The number of rotatable bonds is 6. The summed E-state index contributed by atoms with van der Waals surface area (Å²) in [6, 6.07) is -1.31. The summed E-state index contributed by atoms with van der Waals surface area (Å²) in [6.07, 6.45) is -1.06. The van der Waals surface area contributed by atoms with Crippen LogP contribution in [0.15, 0.2) is 12.7 Å². The molecule has 0 fully saturated rings. The van der Waals surface area contributed by atoms with Crippen molar-refractivity contribution < 1.29 is 33.8 Å². The van der Waals surface area contributed by atoms with Gasteiger partial charge in [-0.15, -0.1) is 6.58 Å². The minimum atomic E-state index is -1.37. The molecule has 142 valence electrons. The molecule has 2 atom stereocenters. The van der Waals surface area contributed by atoms with E-state index >= 15 is 0 Å². The number of aliphatic carboxylic acids is 1. The summed E-state index contributed by atoms with van der Waals surface area (Å²) < 4.78 is 10.4. The Kier molecular flexibility index (Phi) is 7.82. The molecule has 0 heterocycles. The normalized spacial score (nSPS) is 14.0. The average Bonchev–Trinajstić information content (AvgIpc) is 2.37. The second kappa shape index (κ2) is 8.64. The number of carbonyl (C=O) groups is 4. The lowest BCUT2D eigenvalue weighted by atomic mass is 9.95. The summed E-state index contributed by atoms with van der Waals surface area (Å²) in [6.45, 7) is 13.1. The van der Waals surface area contributed by atoms with Gasteiger partial charge in [0.1, 0.15) is 17.5 Å². The fraction of sp³-hybridized carbons (Fsp3) is 0.647. The van der Waals surface area contributed by atoms with Crippen molar-refractivity contribution >= 4 is 24.4 Å². The van der Waals surface area contributed by atoms with Gasteiger partial charge in [0.25, 0.3) is 0 Å². The number of amides is 2. The minimum Gasteiger partial charge on any atom is -0.481 e. The van der Waals surface area contributed by atoms with Gasteiger partial charge in [-0.05, 0) is 41.5 Å². The van der Waals surface area contributed by atoms with Gasteiger partial charge < -0.3 is 19.4 Å². The van der Waals surface area contributed by atoms with Crippen molar-refractivity contribution in [2.75, 3.05) is 0 Å². The fourth-order valence-electron chi connectivity index (χ4n) is 1.88. The molecule has 0 aliphatic rings. The Bertz CT molecular complexity index is 500. The molecule has 0 aliphatic carbocycles. The van der Waals surface area contributed by atoms with Crippen LogP contribution in [0.5, 0.6) is 0 Å². The van der Waals surface area contributed by atoms with Crippen LogP contribution in [0.3, 0.4) is 0 Å². The molecule has 1 N–H and O–H groups in total. The monoisotopic (exact) mass is 357 g/mol. The molecule has 8 nitrogen and oxygen atoms in total. The van der Waals surface area contributed by atoms with Crippen LogP contribution in [-0.2, 0) is 19.1 Å². The first-order chi connectivity index (χ1) is 11.2. The molecule has 0 aromatic heterocycles. The zero-order chi connectivity index (χ0) is 20.0. The van der Waals surface area contributed by atoms with Gasteiger partial charge in [-0.1, -0.05) is 6.08 Å². The van der Waals surface area contributed by atoms with Crippen molar-refractivity contribution in [1.29, 1.82) is 0 Å². The molecule has 0 saturated carbocycles. The van der Waals surface area contributed by atoms with E-state index in [-0.39, 0.29) is 0 Å². The van der Waals surface area contributed by atoms with E-state index in [1.165, 1.54) is 0 Å². The SMILES string of the molecule is C=CC([C@H](CC=O)C(=O)O)N(C(=O)OC(C)(C)C)C(=O)OC(C)(C)C. The topological polar surface area (TPSA) is 110 Å². The van der Waals surface area contributed by atoms with E-state index < -0.39 is 47.7 Å². The van der Waals surface area contributed by atoms with E-state index in [1.54, 1.807) is 41.5 Å². The van der Waals surface area contributed by atoms with Crippen LogP contribution in [0, 0.1) is 5.92 Å². The maximum Gasteiger partial charge on any atom is 0.420 e. The Hall–Kier alpha value is -2.38. The average molecular weight is 357 g/mol. The van der Waals surface area contributed by atoms with Crippen LogP contribution in [0.2, 0.25) is 0 Å². The van der Waals surface area contributed by atoms with Crippen molar-refractivity contribution in [3.63, 3.8) is 0 Å². The second-order valence-electron chi connectivity index (χ2n) is 7.40. The zero-order valence-electron chi connectivity index (χ0n) is 15.6. The van der Waals surface area contributed by atoms with Crippen LogP contribution >= 0.6 is 0 Å².